The zero-order valence-corrected chi connectivity index (χ0v) is 18.0. The number of methoxy groups -OCH3 is 2. The first-order valence-electron chi connectivity index (χ1n) is 10.6. The fraction of sp³-hybridized carbons (Fsp3) is 0.682. The fourth-order valence-corrected chi connectivity index (χ4v) is 4.62. The van der Waals surface area contributed by atoms with Gasteiger partial charge in [0.25, 0.3) is 0 Å². The Morgan fingerprint density at radius 3 is 2.28 bits per heavy atom. The van der Waals surface area contributed by atoms with Crippen molar-refractivity contribution in [2.75, 3.05) is 53.6 Å². The van der Waals surface area contributed by atoms with Crippen molar-refractivity contribution in [3.8, 4) is 11.5 Å². The summed E-state index contributed by atoms with van der Waals surface area (Å²) in [7, 11) is 3.34. The molecule has 0 bridgehead atoms. The molecule has 2 aliphatic rings. The van der Waals surface area contributed by atoms with Crippen LogP contribution < -0.4 is 9.47 Å². The number of rotatable bonds is 7. The molecule has 7 heteroatoms. The van der Waals surface area contributed by atoms with Crippen LogP contribution >= 0.6 is 0 Å². The second kappa shape index (κ2) is 10.3. The first-order chi connectivity index (χ1) is 14.0. The van der Waals surface area contributed by atoms with Crippen LogP contribution in [0.3, 0.4) is 0 Å². The number of hydrogen-bond donors (Lipinski definition) is 1. The van der Waals surface area contributed by atoms with Crippen molar-refractivity contribution in [3.05, 3.63) is 23.8 Å². The third-order valence-electron chi connectivity index (χ3n) is 6.32. The largest absolute Gasteiger partial charge is 0.497 e. The highest BCUT2D eigenvalue weighted by Gasteiger charge is 2.32. The maximum Gasteiger partial charge on any atom is 0.219 e. The van der Waals surface area contributed by atoms with Gasteiger partial charge in [0.1, 0.15) is 11.5 Å². The number of hydrogen-bond acceptors (Lipinski definition) is 6. The Kier molecular flexibility index (Phi) is 7.75. The molecule has 0 radical (unpaired) electrons. The molecule has 29 heavy (non-hydrogen) atoms. The summed E-state index contributed by atoms with van der Waals surface area (Å²) in [5.74, 6) is 1.78. The average molecular weight is 406 g/mol. The van der Waals surface area contributed by atoms with Crippen LogP contribution in [0.2, 0.25) is 0 Å². The third-order valence-corrected chi connectivity index (χ3v) is 6.32. The first kappa shape index (κ1) is 21.9. The summed E-state index contributed by atoms with van der Waals surface area (Å²) in [6.45, 7) is 7.33. The van der Waals surface area contributed by atoms with Crippen LogP contribution in [-0.4, -0.2) is 91.3 Å². The molecule has 162 valence electrons. The summed E-state index contributed by atoms with van der Waals surface area (Å²) in [6, 6.07) is 6.85. The van der Waals surface area contributed by atoms with Gasteiger partial charge in [-0.05, 0) is 37.0 Å². The van der Waals surface area contributed by atoms with Gasteiger partial charge in [0.15, 0.2) is 0 Å². The number of likely N-dealkylation sites (tertiary alicyclic amines) is 1. The van der Waals surface area contributed by atoms with Crippen molar-refractivity contribution in [2.45, 2.75) is 44.8 Å². The van der Waals surface area contributed by atoms with E-state index in [0.29, 0.717) is 12.1 Å². The Bertz CT molecular complexity index is 654. The predicted molar refractivity (Wildman–Crippen MR) is 112 cm³/mol. The quantitative estimate of drug-likeness (QED) is 0.743. The van der Waals surface area contributed by atoms with Gasteiger partial charge in [-0.3, -0.25) is 14.6 Å². The van der Waals surface area contributed by atoms with Gasteiger partial charge in [0.2, 0.25) is 5.91 Å². The minimum atomic E-state index is 0.181. The number of carbonyl (C=O) groups is 1. The Morgan fingerprint density at radius 2 is 1.72 bits per heavy atom. The van der Waals surface area contributed by atoms with Crippen LogP contribution in [0.1, 0.15) is 31.7 Å². The molecule has 1 N–H and O–H groups in total. The number of piperazine rings is 1. The lowest BCUT2D eigenvalue weighted by Crippen LogP contribution is -2.57. The Morgan fingerprint density at radius 1 is 1.07 bits per heavy atom. The van der Waals surface area contributed by atoms with Crippen molar-refractivity contribution in [1.29, 1.82) is 0 Å². The van der Waals surface area contributed by atoms with E-state index < -0.39 is 0 Å². The molecule has 7 nitrogen and oxygen atoms in total. The van der Waals surface area contributed by atoms with Gasteiger partial charge >= 0.3 is 0 Å². The van der Waals surface area contributed by atoms with Crippen molar-refractivity contribution >= 4 is 5.91 Å². The number of benzene rings is 1. The van der Waals surface area contributed by atoms with Gasteiger partial charge < -0.3 is 19.5 Å². The molecule has 2 fully saturated rings. The lowest BCUT2D eigenvalue weighted by molar-refractivity contribution is -0.130. The molecule has 0 aromatic heterocycles. The van der Waals surface area contributed by atoms with E-state index in [1.165, 1.54) is 0 Å². The van der Waals surface area contributed by atoms with Gasteiger partial charge in [-0.1, -0.05) is 0 Å². The van der Waals surface area contributed by atoms with E-state index in [1.807, 2.05) is 11.0 Å². The highest BCUT2D eigenvalue weighted by atomic mass is 16.5. The molecule has 2 aliphatic heterocycles. The third kappa shape index (κ3) is 5.62. The topological polar surface area (TPSA) is 65.5 Å². The number of carbonyl (C=O) groups excluding carboxylic acids is 1. The number of amides is 1. The van der Waals surface area contributed by atoms with Crippen LogP contribution in [0.4, 0.5) is 0 Å². The number of ether oxygens (including phenoxy) is 2. The number of aliphatic hydroxyl groups is 1. The molecule has 1 aromatic carbocycles. The SMILES string of the molecule is COc1cc(CN2CCN(C3CCN(C(C)=O)CC3)C[C@H]2CCO)cc(OC)c1. The van der Waals surface area contributed by atoms with Crippen LogP contribution in [0.15, 0.2) is 18.2 Å². The maximum absolute atomic E-state index is 11.6. The summed E-state index contributed by atoms with van der Waals surface area (Å²) in [4.78, 5) is 18.6. The molecule has 0 unspecified atom stereocenters. The summed E-state index contributed by atoms with van der Waals surface area (Å²) in [6.07, 6.45) is 2.85. The molecule has 2 heterocycles. The van der Waals surface area contributed by atoms with E-state index >= 15 is 0 Å². The van der Waals surface area contributed by atoms with E-state index in [9.17, 15) is 9.90 Å². The smallest absolute Gasteiger partial charge is 0.219 e. The van der Waals surface area contributed by atoms with Crippen LogP contribution in [0.25, 0.3) is 0 Å². The molecule has 2 saturated heterocycles. The van der Waals surface area contributed by atoms with Gasteiger partial charge in [0.05, 0.1) is 14.2 Å². The van der Waals surface area contributed by atoms with Gasteiger partial charge in [-0.2, -0.15) is 0 Å². The first-order valence-corrected chi connectivity index (χ1v) is 10.6. The van der Waals surface area contributed by atoms with Crippen molar-refractivity contribution in [3.63, 3.8) is 0 Å². The van der Waals surface area contributed by atoms with E-state index in [-0.39, 0.29) is 12.5 Å². The zero-order valence-electron chi connectivity index (χ0n) is 18.0. The normalized spacial score (nSPS) is 21.9. The zero-order chi connectivity index (χ0) is 20.8. The summed E-state index contributed by atoms with van der Waals surface area (Å²) in [5, 5.41) is 9.63. The molecule has 1 atom stereocenters. The molecule has 1 aromatic rings. The number of piperidine rings is 1. The molecular weight excluding hydrogens is 370 g/mol. The summed E-state index contributed by atoms with van der Waals surface area (Å²) in [5.41, 5.74) is 1.16. The maximum atomic E-state index is 11.6. The van der Waals surface area contributed by atoms with Crippen molar-refractivity contribution < 1.29 is 19.4 Å². The molecule has 0 saturated carbocycles. The molecule has 3 rings (SSSR count). The van der Waals surface area contributed by atoms with Crippen LogP contribution in [-0.2, 0) is 11.3 Å². The Balaban J connectivity index is 1.63. The Labute approximate surface area is 174 Å². The van der Waals surface area contributed by atoms with E-state index in [2.05, 4.69) is 21.9 Å². The van der Waals surface area contributed by atoms with Gasteiger partial charge in [0, 0.05) is 70.9 Å². The highest BCUT2D eigenvalue weighted by molar-refractivity contribution is 5.73. The minimum Gasteiger partial charge on any atom is -0.497 e. The monoisotopic (exact) mass is 405 g/mol. The van der Waals surface area contributed by atoms with Crippen LogP contribution in [0.5, 0.6) is 11.5 Å². The second-order valence-electron chi connectivity index (χ2n) is 8.09. The fourth-order valence-electron chi connectivity index (χ4n) is 4.62. The van der Waals surface area contributed by atoms with Gasteiger partial charge in [-0.25, -0.2) is 0 Å². The van der Waals surface area contributed by atoms with E-state index in [0.717, 1.165) is 75.6 Å². The molecule has 0 aliphatic carbocycles. The Hall–Kier alpha value is -1.83. The van der Waals surface area contributed by atoms with Crippen molar-refractivity contribution in [2.24, 2.45) is 0 Å². The van der Waals surface area contributed by atoms with Crippen LogP contribution in [0, 0.1) is 0 Å². The highest BCUT2D eigenvalue weighted by Crippen LogP contribution is 2.26. The lowest BCUT2D eigenvalue weighted by Gasteiger charge is -2.46. The van der Waals surface area contributed by atoms with E-state index in [1.54, 1.807) is 21.1 Å². The summed E-state index contributed by atoms with van der Waals surface area (Å²) < 4.78 is 10.8. The standard InChI is InChI=1S/C22H35N3O4/c1-17(27)23-7-4-19(5-8-23)25-10-9-24(20(16-25)6-11-26)15-18-12-21(28-2)14-22(13-18)29-3/h12-14,19-20,26H,4-11,15-16H2,1-3H3/t20-/m1/s1. The predicted octanol–water partition coefficient (Wildman–Crippen LogP) is 1.58. The lowest BCUT2D eigenvalue weighted by atomic mass is 9.99. The molecular formula is C22H35N3O4. The number of aliphatic hydroxyl groups excluding tert-OH is 1. The van der Waals surface area contributed by atoms with Gasteiger partial charge in [-0.15, -0.1) is 0 Å². The van der Waals surface area contributed by atoms with Crippen molar-refractivity contribution in [1.82, 2.24) is 14.7 Å². The molecule has 0 spiro atoms. The molecule has 1 amide bonds. The number of nitrogens with zero attached hydrogens (tertiary/aromatic N) is 3. The second-order valence-corrected chi connectivity index (χ2v) is 8.09. The minimum absolute atomic E-state index is 0.181. The summed E-state index contributed by atoms with van der Waals surface area (Å²) >= 11 is 0. The average Bonchev–Trinajstić information content (AvgIpc) is 2.74. The van der Waals surface area contributed by atoms with E-state index in [4.69, 9.17) is 9.47 Å².